The predicted octanol–water partition coefficient (Wildman–Crippen LogP) is 5.53. The SMILES string of the molecule is C=CC(C)(C)/C=C/C(=C(\C)CC)C(C)(C)C. The summed E-state index contributed by atoms with van der Waals surface area (Å²) in [6, 6.07) is 0. The van der Waals surface area contributed by atoms with Gasteiger partial charge in [-0.25, -0.2) is 0 Å². The van der Waals surface area contributed by atoms with Gasteiger partial charge in [-0.1, -0.05) is 65.3 Å². The molecule has 0 heterocycles. The van der Waals surface area contributed by atoms with Crippen molar-refractivity contribution in [3.63, 3.8) is 0 Å². The topological polar surface area (TPSA) is 0 Å². The fourth-order valence-corrected chi connectivity index (χ4v) is 1.59. The summed E-state index contributed by atoms with van der Waals surface area (Å²) >= 11 is 0. The highest BCUT2D eigenvalue weighted by atomic mass is 14.2. The minimum absolute atomic E-state index is 0.0739. The van der Waals surface area contributed by atoms with Gasteiger partial charge < -0.3 is 0 Å². The molecule has 0 aliphatic heterocycles. The molecule has 0 atom stereocenters. The van der Waals surface area contributed by atoms with Gasteiger partial charge in [0.05, 0.1) is 0 Å². The van der Waals surface area contributed by atoms with Gasteiger partial charge in [-0.3, -0.25) is 0 Å². The zero-order chi connectivity index (χ0) is 13.0. The van der Waals surface area contributed by atoms with Crippen LogP contribution >= 0.6 is 0 Å². The van der Waals surface area contributed by atoms with Crippen molar-refractivity contribution < 1.29 is 0 Å². The molecule has 0 unspecified atom stereocenters. The molecule has 0 heteroatoms. The van der Waals surface area contributed by atoms with E-state index in [2.05, 4.69) is 67.2 Å². The average Bonchev–Trinajstić information content (AvgIpc) is 2.15. The van der Waals surface area contributed by atoms with Gasteiger partial charge in [-0.05, 0) is 24.3 Å². The first-order valence-electron chi connectivity index (χ1n) is 6.17. The van der Waals surface area contributed by atoms with Crippen LogP contribution in [0.25, 0.3) is 0 Å². The molecule has 0 nitrogen and oxygen atoms in total. The lowest BCUT2D eigenvalue weighted by atomic mass is 9.81. The molecule has 0 rings (SSSR count). The van der Waals surface area contributed by atoms with Gasteiger partial charge in [0.1, 0.15) is 0 Å². The number of rotatable bonds is 4. The van der Waals surface area contributed by atoms with Gasteiger partial charge in [0.25, 0.3) is 0 Å². The fourth-order valence-electron chi connectivity index (χ4n) is 1.59. The molecule has 0 saturated heterocycles. The Morgan fingerprint density at radius 1 is 1.12 bits per heavy atom. The summed E-state index contributed by atoms with van der Waals surface area (Å²) in [7, 11) is 0. The second-order valence-electron chi connectivity index (χ2n) is 6.16. The quantitative estimate of drug-likeness (QED) is 0.432. The summed E-state index contributed by atoms with van der Waals surface area (Å²) in [6.07, 6.45) is 7.64. The number of allylic oxidation sites excluding steroid dienone is 5. The van der Waals surface area contributed by atoms with Gasteiger partial charge in [0, 0.05) is 5.41 Å². The van der Waals surface area contributed by atoms with Crippen LogP contribution in [-0.4, -0.2) is 0 Å². The third kappa shape index (κ3) is 4.83. The van der Waals surface area contributed by atoms with E-state index in [0.717, 1.165) is 6.42 Å². The van der Waals surface area contributed by atoms with Crippen LogP contribution in [0.4, 0.5) is 0 Å². The van der Waals surface area contributed by atoms with Crippen molar-refractivity contribution in [2.75, 3.05) is 0 Å². The van der Waals surface area contributed by atoms with E-state index < -0.39 is 0 Å². The third-order valence-electron chi connectivity index (χ3n) is 3.00. The molecule has 0 aliphatic carbocycles. The summed E-state index contributed by atoms with van der Waals surface area (Å²) in [5, 5.41) is 0. The molecule has 16 heavy (non-hydrogen) atoms. The minimum Gasteiger partial charge on any atom is -0.102 e. The minimum atomic E-state index is 0.0739. The molecule has 92 valence electrons. The van der Waals surface area contributed by atoms with Crippen LogP contribution in [-0.2, 0) is 0 Å². The fraction of sp³-hybridized carbons (Fsp3) is 0.625. The van der Waals surface area contributed by atoms with Crippen LogP contribution < -0.4 is 0 Å². The van der Waals surface area contributed by atoms with E-state index in [0.29, 0.717) is 0 Å². The smallest absolute Gasteiger partial charge is 0.000495 e. The zero-order valence-electron chi connectivity index (χ0n) is 12.1. The van der Waals surface area contributed by atoms with Crippen molar-refractivity contribution in [1.82, 2.24) is 0 Å². The summed E-state index contributed by atoms with van der Waals surface area (Å²) in [6.45, 7) is 19.5. The monoisotopic (exact) mass is 220 g/mol. The molecule has 0 spiro atoms. The maximum Gasteiger partial charge on any atom is 0.000495 e. The molecule has 0 amide bonds. The van der Waals surface area contributed by atoms with Crippen molar-refractivity contribution >= 4 is 0 Å². The Kier molecular flexibility index (Phi) is 5.25. The highest BCUT2D eigenvalue weighted by Gasteiger charge is 2.17. The van der Waals surface area contributed by atoms with Crippen LogP contribution in [0.3, 0.4) is 0 Å². The first-order chi connectivity index (χ1) is 7.14. The molecule has 0 fully saturated rings. The van der Waals surface area contributed by atoms with Crippen LogP contribution in [0.1, 0.15) is 54.9 Å². The van der Waals surface area contributed by atoms with E-state index in [1.54, 1.807) is 0 Å². The Balaban J connectivity index is 5.22. The molecule has 0 bridgehead atoms. The van der Waals surface area contributed by atoms with Crippen molar-refractivity contribution in [3.05, 3.63) is 36.0 Å². The molecule has 0 aromatic rings. The van der Waals surface area contributed by atoms with E-state index in [1.165, 1.54) is 11.1 Å². The van der Waals surface area contributed by atoms with Gasteiger partial charge >= 0.3 is 0 Å². The second kappa shape index (κ2) is 5.52. The molecular weight excluding hydrogens is 192 g/mol. The summed E-state index contributed by atoms with van der Waals surface area (Å²) in [5.74, 6) is 0. The van der Waals surface area contributed by atoms with Crippen LogP contribution in [0.15, 0.2) is 36.0 Å². The van der Waals surface area contributed by atoms with Gasteiger partial charge in [0.15, 0.2) is 0 Å². The molecular formula is C16H28. The molecule has 0 N–H and O–H groups in total. The maximum absolute atomic E-state index is 3.87. The molecule has 0 aromatic carbocycles. The van der Waals surface area contributed by atoms with Gasteiger partial charge in [-0.2, -0.15) is 0 Å². The molecule has 0 aromatic heterocycles. The second-order valence-corrected chi connectivity index (χ2v) is 6.16. The Morgan fingerprint density at radius 2 is 1.62 bits per heavy atom. The zero-order valence-corrected chi connectivity index (χ0v) is 12.1. The van der Waals surface area contributed by atoms with E-state index >= 15 is 0 Å². The lowest BCUT2D eigenvalue weighted by Crippen LogP contribution is -2.11. The van der Waals surface area contributed by atoms with Crippen LogP contribution in [0.5, 0.6) is 0 Å². The lowest BCUT2D eigenvalue weighted by molar-refractivity contribution is 0.507. The van der Waals surface area contributed by atoms with E-state index in [1.807, 2.05) is 6.08 Å². The highest BCUT2D eigenvalue weighted by molar-refractivity contribution is 5.31. The number of hydrogen-bond acceptors (Lipinski definition) is 0. The van der Waals surface area contributed by atoms with Gasteiger partial charge in [-0.15, -0.1) is 6.58 Å². The molecule has 0 saturated carbocycles. The van der Waals surface area contributed by atoms with E-state index in [-0.39, 0.29) is 10.8 Å². The number of hydrogen-bond donors (Lipinski definition) is 0. The normalized spacial score (nSPS) is 15.2. The third-order valence-corrected chi connectivity index (χ3v) is 3.00. The van der Waals surface area contributed by atoms with Crippen molar-refractivity contribution in [2.45, 2.75) is 54.9 Å². The largest absolute Gasteiger partial charge is 0.102 e. The van der Waals surface area contributed by atoms with Crippen LogP contribution in [0.2, 0.25) is 0 Å². The maximum atomic E-state index is 3.87. The first kappa shape index (κ1) is 15.2. The summed E-state index contributed by atoms with van der Waals surface area (Å²) in [4.78, 5) is 0. The standard InChI is InChI=1S/C16H28/c1-9-13(3)14(15(4,5)6)11-12-16(7,8)10-2/h10-12H,2,9H2,1,3-8H3/b12-11+,14-13-. The summed E-state index contributed by atoms with van der Waals surface area (Å²) < 4.78 is 0. The van der Waals surface area contributed by atoms with Gasteiger partial charge in [0.2, 0.25) is 0 Å². The van der Waals surface area contributed by atoms with Crippen LogP contribution in [0, 0.1) is 10.8 Å². The Bertz CT molecular complexity index is 292. The summed E-state index contributed by atoms with van der Waals surface area (Å²) in [5.41, 5.74) is 3.21. The Morgan fingerprint density at radius 3 is 1.94 bits per heavy atom. The molecule has 0 radical (unpaired) electrons. The van der Waals surface area contributed by atoms with Crippen molar-refractivity contribution in [1.29, 1.82) is 0 Å². The molecule has 0 aliphatic rings. The Labute approximate surface area is 102 Å². The highest BCUT2D eigenvalue weighted by Crippen LogP contribution is 2.31. The van der Waals surface area contributed by atoms with Crippen molar-refractivity contribution in [2.24, 2.45) is 10.8 Å². The predicted molar refractivity (Wildman–Crippen MR) is 75.6 cm³/mol. The Hall–Kier alpha value is -0.780. The lowest BCUT2D eigenvalue weighted by Gasteiger charge is -2.24. The first-order valence-corrected chi connectivity index (χ1v) is 6.17. The average molecular weight is 220 g/mol. The van der Waals surface area contributed by atoms with E-state index in [4.69, 9.17) is 0 Å². The van der Waals surface area contributed by atoms with Crippen molar-refractivity contribution in [3.8, 4) is 0 Å². The van der Waals surface area contributed by atoms with E-state index in [9.17, 15) is 0 Å².